The first kappa shape index (κ1) is 19.1. The summed E-state index contributed by atoms with van der Waals surface area (Å²) in [5.41, 5.74) is 1.98. The smallest absolute Gasteiger partial charge is 0.341 e. The first-order valence-corrected chi connectivity index (χ1v) is 9.52. The summed E-state index contributed by atoms with van der Waals surface area (Å²) < 4.78 is 9.76. The lowest BCUT2D eigenvalue weighted by Gasteiger charge is -2.11. The normalized spacial score (nSPS) is 15.1. The van der Waals surface area contributed by atoms with Crippen molar-refractivity contribution in [2.75, 3.05) is 19.5 Å². The minimum atomic E-state index is -0.554. The highest BCUT2D eigenvalue weighted by atomic mass is 32.1. The monoisotopic (exact) mass is 387 g/mol. The van der Waals surface area contributed by atoms with Gasteiger partial charge in [0, 0.05) is 11.3 Å². The Balaban J connectivity index is 1.80. The molecule has 7 heteroatoms. The van der Waals surface area contributed by atoms with Crippen molar-refractivity contribution in [2.45, 2.75) is 31.6 Å². The fraction of sp³-hybridized carbons (Fsp3) is 0.350. The SMILES string of the molecule is COC(=O)c1c(NC(=O)CCc2ccccc2)sc2c1[C@H](C(=O)OC)CC2. The average Bonchev–Trinajstić information content (AvgIpc) is 3.24. The van der Waals surface area contributed by atoms with Crippen molar-refractivity contribution in [3.8, 4) is 0 Å². The van der Waals surface area contributed by atoms with Crippen molar-refractivity contribution in [3.05, 3.63) is 51.9 Å². The largest absolute Gasteiger partial charge is 0.469 e. The Morgan fingerprint density at radius 3 is 2.56 bits per heavy atom. The van der Waals surface area contributed by atoms with Crippen LogP contribution in [0.1, 0.15) is 45.1 Å². The highest BCUT2D eigenvalue weighted by molar-refractivity contribution is 7.17. The van der Waals surface area contributed by atoms with Crippen LogP contribution in [0.3, 0.4) is 0 Å². The van der Waals surface area contributed by atoms with E-state index in [0.717, 1.165) is 10.4 Å². The number of hydrogen-bond donors (Lipinski definition) is 1. The van der Waals surface area contributed by atoms with Crippen molar-refractivity contribution >= 4 is 34.2 Å². The Kier molecular flexibility index (Phi) is 5.91. The number of nitrogens with one attached hydrogen (secondary N) is 1. The highest BCUT2D eigenvalue weighted by Crippen LogP contribution is 2.45. The summed E-state index contributed by atoms with van der Waals surface area (Å²) in [6, 6.07) is 9.72. The number of rotatable bonds is 6. The number of amides is 1. The second-order valence-corrected chi connectivity index (χ2v) is 7.39. The van der Waals surface area contributed by atoms with E-state index in [1.165, 1.54) is 25.6 Å². The zero-order valence-electron chi connectivity index (χ0n) is 15.2. The molecule has 0 aliphatic heterocycles. The third kappa shape index (κ3) is 4.03. The number of fused-ring (bicyclic) bond motifs is 1. The molecular formula is C20H21NO5S. The Labute approximate surface area is 161 Å². The van der Waals surface area contributed by atoms with Gasteiger partial charge in [-0.1, -0.05) is 30.3 Å². The van der Waals surface area contributed by atoms with Crippen molar-refractivity contribution in [3.63, 3.8) is 0 Å². The van der Waals surface area contributed by atoms with Crippen molar-refractivity contribution < 1.29 is 23.9 Å². The number of carbonyl (C=O) groups excluding carboxylic acids is 3. The van der Waals surface area contributed by atoms with Crippen LogP contribution in [0.5, 0.6) is 0 Å². The molecule has 0 spiro atoms. The molecule has 1 aromatic heterocycles. The molecule has 1 amide bonds. The summed E-state index contributed by atoms with van der Waals surface area (Å²) in [5.74, 6) is -1.61. The lowest BCUT2D eigenvalue weighted by Crippen LogP contribution is -2.17. The second kappa shape index (κ2) is 8.35. The zero-order valence-corrected chi connectivity index (χ0v) is 16.1. The maximum Gasteiger partial charge on any atom is 0.341 e. The maximum absolute atomic E-state index is 12.4. The van der Waals surface area contributed by atoms with E-state index in [-0.39, 0.29) is 17.4 Å². The van der Waals surface area contributed by atoms with Gasteiger partial charge in [0.2, 0.25) is 5.91 Å². The first-order valence-electron chi connectivity index (χ1n) is 8.70. The quantitative estimate of drug-likeness (QED) is 0.769. The van der Waals surface area contributed by atoms with Gasteiger partial charge in [0.25, 0.3) is 0 Å². The van der Waals surface area contributed by atoms with E-state index in [4.69, 9.17) is 9.47 Å². The number of anilines is 1. The molecule has 142 valence electrons. The van der Waals surface area contributed by atoms with Crippen LogP contribution in [0.15, 0.2) is 30.3 Å². The zero-order chi connectivity index (χ0) is 19.4. The molecule has 3 rings (SSSR count). The number of esters is 2. The van der Waals surface area contributed by atoms with Gasteiger partial charge >= 0.3 is 11.9 Å². The van der Waals surface area contributed by atoms with Gasteiger partial charge in [-0.15, -0.1) is 11.3 Å². The molecular weight excluding hydrogens is 366 g/mol. The van der Waals surface area contributed by atoms with Gasteiger partial charge in [-0.25, -0.2) is 4.79 Å². The molecule has 1 aliphatic carbocycles. The number of hydrogen-bond acceptors (Lipinski definition) is 6. The van der Waals surface area contributed by atoms with Gasteiger partial charge in [-0.05, 0) is 30.4 Å². The molecule has 2 aromatic rings. The minimum Gasteiger partial charge on any atom is -0.469 e. The molecule has 1 N–H and O–H groups in total. The van der Waals surface area contributed by atoms with Crippen LogP contribution < -0.4 is 5.32 Å². The predicted octanol–water partition coefficient (Wildman–Crippen LogP) is 3.31. The van der Waals surface area contributed by atoms with E-state index >= 15 is 0 Å². The molecule has 0 saturated heterocycles. The van der Waals surface area contributed by atoms with Crippen LogP contribution in [-0.4, -0.2) is 32.1 Å². The number of ether oxygens (including phenoxy) is 2. The van der Waals surface area contributed by atoms with Crippen LogP contribution in [0.25, 0.3) is 0 Å². The van der Waals surface area contributed by atoms with Gasteiger partial charge in [-0.2, -0.15) is 0 Å². The molecule has 1 heterocycles. The minimum absolute atomic E-state index is 0.182. The molecule has 0 saturated carbocycles. The van der Waals surface area contributed by atoms with E-state index in [1.807, 2.05) is 30.3 Å². The van der Waals surface area contributed by atoms with Crippen LogP contribution in [0, 0.1) is 0 Å². The number of benzene rings is 1. The fourth-order valence-electron chi connectivity index (χ4n) is 3.33. The summed E-state index contributed by atoms with van der Waals surface area (Å²) in [6.45, 7) is 0. The van der Waals surface area contributed by atoms with Gasteiger partial charge in [0.05, 0.1) is 25.7 Å². The van der Waals surface area contributed by atoms with Gasteiger partial charge < -0.3 is 14.8 Å². The van der Waals surface area contributed by atoms with E-state index in [1.54, 1.807) is 0 Å². The van der Waals surface area contributed by atoms with Crippen LogP contribution in [0.2, 0.25) is 0 Å². The average molecular weight is 387 g/mol. The summed E-state index contributed by atoms with van der Waals surface area (Å²) in [4.78, 5) is 37.7. The van der Waals surface area contributed by atoms with Crippen LogP contribution in [0.4, 0.5) is 5.00 Å². The summed E-state index contributed by atoms with van der Waals surface area (Å²) in [5, 5.41) is 3.27. The van der Waals surface area contributed by atoms with Gasteiger partial charge in [0.1, 0.15) is 5.00 Å². The molecule has 1 aromatic carbocycles. The summed E-state index contributed by atoms with van der Waals surface area (Å²) in [7, 11) is 2.62. The number of thiophene rings is 1. The van der Waals surface area contributed by atoms with E-state index in [2.05, 4.69) is 5.32 Å². The maximum atomic E-state index is 12.4. The standard InChI is InChI=1S/C20H21NO5S/c1-25-19(23)13-9-10-14-16(13)17(20(24)26-2)18(27-14)21-15(22)11-8-12-6-4-3-5-7-12/h3-7,13H,8-11H2,1-2H3,(H,21,22)/t13-/m1/s1. The number of methoxy groups -OCH3 is 2. The lowest BCUT2D eigenvalue weighted by atomic mass is 9.99. The van der Waals surface area contributed by atoms with Crippen molar-refractivity contribution in [1.29, 1.82) is 0 Å². The topological polar surface area (TPSA) is 81.7 Å². The van der Waals surface area contributed by atoms with E-state index < -0.39 is 11.9 Å². The number of aryl methyl sites for hydroxylation is 2. The molecule has 1 atom stereocenters. The Hall–Kier alpha value is -2.67. The highest BCUT2D eigenvalue weighted by Gasteiger charge is 2.38. The van der Waals surface area contributed by atoms with Crippen molar-refractivity contribution in [2.24, 2.45) is 0 Å². The third-order valence-electron chi connectivity index (χ3n) is 4.64. The van der Waals surface area contributed by atoms with E-state index in [9.17, 15) is 14.4 Å². The first-order chi connectivity index (χ1) is 13.0. The van der Waals surface area contributed by atoms with Crippen LogP contribution >= 0.6 is 11.3 Å². The fourth-order valence-corrected chi connectivity index (χ4v) is 4.61. The molecule has 6 nitrogen and oxygen atoms in total. The Morgan fingerprint density at radius 1 is 1.15 bits per heavy atom. The van der Waals surface area contributed by atoms with E-state index in [0.29, 0.717) is 36.2 Å². The molecule has 0 radical (unpaired) electrons. The molecule has 27 heavy (non-hydrogen) atoms. The predicted molar refractivity (Wildman–Crippen MR) is 102 cm³/mol. The summed E-state index contributed by atoms with van der Waals surface area (Å²) >= 11 is 1.33. The molecule has 1 aliphatic rings. The van der Waals surface area contributed by atoms with Crippen LogP contribution in [-0.2, 0) is 31.9 Å². The molecule has 0 fully saturated rings. The lowest BCUT2D eigenvalue weighted by molar-refractivity contribution is -0.142. The van der Waals surface area contributed by atoms with Crippen molar-refractivity contribution in [1.82, 2.24) is 0 Å². The molecule has 0 unspecified atom stereocenters. The second-order valence-electron chi connectivity index (χ2n) is 6.28. The Morgan fingerprint density at radius 2 is 1.89 bits per heavy atom. The third-order valence-corrected chi connectivity index (χ3v) is 5.82. The van der Waals surface area contributed by atoms with Gasteiger partial charge in [0.15, 0.2) is 0 Å². The molecule has 0 bridgehead atoms. The number of carbonyl (C=O) groups is 3. The summed E-state index contributed by atoms with van der Waals surface area (Å²) in [6.07, 6.45) is 2.17. The van der Waals surface area contributed by atoms with Gasteiger partial charge in [-0.3, -0.25) is 9.59 Å². The Bertz CT molecular complexity index is 859.